The number of benzene rings is 1. The van der Waals surface area contributed by atoms with Crippen molar-refractivity contribution in [1.82, 2.24) is 9.97 Å². The van der Waals surface area contributed by atoms with Crippen molar-refractivity contribution in [2.24, 2.45) is 0 Å². The Balaban J connectivity index is 1.73. The highest BCUT2D eigenvalue weighted by molar-refractivity contribution is 5.54. The number of hydrogen-bond acceptors (Lipinski definition) is 4. The van der Waals surface area contributed by atoms with E-state index in [2.05, 4.69) is 26.3 Å². The van der Waals surface area contributed by atoms with Crippen LogP contribution >= 0.6 is 0 Å². The number of para-hydroxylation sites is 1. The Kier molecular flexibility index (Phi) is 4.87. The van der Waals surface area contributed by atoms with Crippen molar-refractivity contribution >= 4 is 11.6 Å². The van der Waals surface area contributed by atoms with Crippen LogP contribution in [0.4, 0.5) is 24.8 Å². The minimum atomic E-state index is -4.47. The molecule has 2 heterocycles. The van der Waals surface area contributed by atoms with E-state index in [0.717, 1.165) is 36.6 Å². The number of anilines is 2. The lowest BCUT2D eigenvalue weighted by molar-refractivity contribution is -0.141. The second-order valence-corrected chi connectivity index (χ2v) is 5.79. The zero-order valence-electron chi connectivity index (χ0n) is 13.2. The smallest absolute Gasteiger partial charge is 0.371 e. The molecule has 1 aliphatic rings. The lowest BCUT2D eigenvalue weighted by Gasteiger charge is -2.30. The molecule has 1 fully saturated rings. The number of alkyl halides is 3. The predicted octanol–water partition coefficient (Wildman–Crippen LogP) is 4.10. The van der Waals surface area contributed by atoms with Crippen molar-refractivity contribution in [2.45, 2.75) is 32.0 Å². The Hall–Kier alpha value is -2.31. The van der Waals surface area contributed by atoms with Crippen molar-refractivity contribution in [1.29, 1.82) is 0 Å². The van der Waals surface area contributed by atoms with Gasteiger partial charge < -0.3 is 10.2 Å². The van der Waals surface area contributed by atoms with Gasteiger partial charge in [0.05, 0.1) is 0 Å². The van der Waals surface area contributed by atoms with Crippen LogP contribution in [0.3, 0.4) is 0 Å². The van der Waals surface area contributed by atoms with Gasteiger partial charge in [0, 0.05) is 31.5 Å². The Morgan fingerprint density at radius 2 is 1.79 bits per heavy atom. The van der Waals surface area contributed by atoms with Crippen LogP contribution in [0, 0.1) is 0 Å². The molecular weight excluding hydrogens is 317 g/mol. The first kappa shape index (κ1) is 16.5. The molecule has 0 bridgehead atoms. The van der Waals surface area contributed by atoms with Crippen molar-refractivity contribution < 1.29 is 13.2 Å². The summed E-state index contributed by atoms with van der Waals surface area (Å²) in [5.41, 5.74) is 1.21. The van der Waals surface area contributed by atoms with Crippen LogP contribution in [0.25, 0.3) is 0 Å². The zero-order valence-corrected chi connectivity index (χ0v) is 13.2. The number of piperidine rings is 1. The largest absolute Gasteiger partial charge is 0.433 e. The molecule has 0 radical (unpaired) electrons. The predicted molar refractivity (Wildman–Crippen MR) is 86.9 cm³/mol. The number of nitrogens with one attached hydrogen (secondary N) is 1. The third kappa shape index (κ3) is 3.96. The van der Waals surface area contributed by atoms with Gasteiger partial charge in [-0.05, 0) is 37.0 Å². The van der Waals surface area contributed by atoms with Gasteiger partial charge in [-0.2, -0.15) is 13.2 Å². The van der Waals surface area contributed by atoms with Gasteiger partial charge in [-0.3, -0.25) is 0 Å². The fraction of sp³-hybridized carbons (Fsp3) is 0.412. The first-order chi connectivity index (χ1) is 11.5. The van der Waals surface area contributed by atoms with Crippen LogP contribution in [0.2, 0.25) is 0 Å². The van der Waals surface area contributed by atoms with Crippen LogP contribution in [-0.4, -0.2) is 23.1 Å². The van der Waals surface area contributed by atoms with Crippen LogP contribution < -0.4 is 10.2 Å². The highest BCUT2D eigenvalue weighted by atomic mass is 19.4. The molecule has 2 aromatic rings. The third-order valence-electron chi connectivity index (χ3n) is 4.07. The molecule has 1 N–H and O–H groups in total. The van der Waals surface area contributed by atoms with Gasteiger partial charge in [-0.25, -0.2) is 9.97 Å². The van der Waals surface area contributed by atoms with E-state index in [1.54, 1.807) is 0 Å². The minimum absolute atomic E-state index is 0.0155. The molecule has 0 spiro atoms. The van der Waals surface area contributed by atoms with E-state index in [1.807, 2.05) is 18.2 Å². The van der Waals surface area contributed by atoms with E-state index >= 15 is 0 Å². The maximum absolute atomic E-state index is 12.7. The molecule has 0 unspecified atom stereocenters. The van der Waals surface area contributed by atoms with Crippen molar-refractivity contribution in [3.8, 4) is 0 Å². The number of rotatable bonds is 4. The second kappa shape index (κ2) is 7.07. The van der Waals surface area contributed by atoms with Crippen LogP contribution in [0.15, 0.2) is 36.5 Å². The first-order valence-electron chi connectivity index (χ1n) is 8.01. The summed E-state index contributed by atoms with van der Waals surface area (Å²) in [5, 5.41) is 2.90. The summed E-state index contributed by atoms with van der Waals surface area (Å²) in [6.45, 7) is 2.40. The quantitative estimate of drug-likeness (QED) is 0.913. The Morgan fingerprint density at radius 1 is 1.04 bits per heavy atom. The molecule has 4 nitrogen and oxygen atoms in total. The molecule has 128 valence electrons. The molecule has 0 aliphatic carbocycles. The Labute approximate surface area is 138 Å². The molecule has 1 aromatic heterocycles. The normalized spacial score (nSPS) is 15.4. The summed E-state index contributed by atoms with van der Waals surface area (Å²) in [6, 6.07) is 8.80. The molecule has 1 aliphatic heterocycles. The van der Waals surface area contributed by atoms with Crippen molar-refractivity contribution in [2.75, 3.05) is 23.3 Å². The lowest BCUT2D eigenvalue weighted by Crippen LogP contribution is -2.30. The highest BCUT2D eigenvalue weighted by Gasteiger charge is 2.32. The van der Waals surface area contributed by atoms with E-state index < -0.39 is 11.9 Å². The number of aromatic nitrogens is 2. The number of nitrogens with zero attached hydrogens (tertiary/aromatic N) is 3. The van der Waals surface area contributed by atoms with Crippen molar-refractivity contribution in [3.05, 3.63) is 47.8 Å². The highest BCUT2D eigenvalue weighted by Crippen LogP contribution is 2.28. The standard InChI is InChI=1S/C17H19F3N4/c18-17(19,20)15-8-9-21-16(23-15)22-12-13-6-2-3-7-14(13)24-10-4-1-5-11-24/h2-3,6-9H,1,4-5,10-12H2,(H,21,22,23). The second-order valence-electron chi connectivity index (χ2n) is 5.79. The molecule has 0 saturated carbocycles. The maximum atomic E-state index is 12.7. The first-order valence-corrected chi connectivity index (χ1v) is 8.01. The van der Waals surface area contributed by atoms with Gasteiger partial charge in [-0.15, -0.1) is 0 Å². The maximum Gasteiger partial charge on any atom is 0.433 e. The average Bonchev–Trinajstić information content (AvgIpc) is 2.60. The summed E-state index contributed by atoms with van der Waals surface area (Å²) in [4.78, 5) is 9.74. The van der Waals surface area contributed by atoms with E-state index in [0.29, 0.717) is 6.54 Å². The zero-order chi connectivity index (χ0) is 17.0. The molecule has 0 atom stereocenters. The van der Waals surface area contributed by atoms with Crippen molar-refractivity contribution in [3.63, 3.8) is 0 Å². The molecule has 0 amide bonds. The average molecular weight is 336 g/mol. The summed E-state index contributed by atoms with van der Waals surface area (Å²) < 4.78 is 38.1. The summed E-state index contributed by atoms with van der Waals surface area (Å²) in [5.74, 6) is -0.0155. The van der Waals surface area contributed by atoms with E-state index in [-0.39, 0.29) is 5.95 Å². The van der Waals surface area contributed by atoms with Crippen LogP contribution in [0.1, 0.15) is 30.5 Å². The fourth-order valence-electron chi connectivity index (χ4n) is 2.88. The van der Waals surface area contributed by atoms with Gasteiger partial charge in [-0.1, -0.05) is 18.2 Å². The molecule has 7 heteroatoms. The van der Waals surface area contributed by atoms with E-state index in [9.17, 15) is 13.2 Å². The molecular formula is C17H19F3N4. The van der Waals surface area contributed by atoms with E-state index in [4.69, 9.17) is 0 Å². The Bertz CT molecular complexity index is 682. The van der Waals surface area contributed by atoms with Gasteiger partial charge in [0.15, 0.2) is 0 Å². The SMILES string of the molecule is FC(F)(F)c1ccnc(NCc2ccccc2N2CCCCC2)n1. The van der Waals surface area contributed by atoms with E-state index in [1.165, 1.54) is 19.3 Å². The molecule has 1 aromatic carbocycles. The summed E-state index contributed by atoms with van der Waals surface area (Å²) in [6.07, 6.45) is 0.228. The number of halogens is 3. The monoisotopic (exact) mass is 336 g/mol. The van der Waals surface area contributed by atoms with Gasteiger partial charge in [0.25, 0.3) is 0 Å². The van der Waals surface area contributed by atoms with Gasteiger partial charge in [0.2, 0.25) is 5.95 Å². The number of hydrogen-bond donors (Lipinski definition) is 1. The molecule has 1 saturated heterocycles. The topological polar surface area (TPSA) is 41.1 Å². The van der Waals surface area contributed by atoms with Crippen LogP contribution in [-0.2, 0) is 12.7 Å². The lowest BCUT2D eigenvalue weighted by atomic mass is 10.1. The Morgan fingerprint density at radius 3 is 2.54 bits per heavy atom. The molecule has 3 rings (SSSR count). The van der Waals surface area contributed by atoms with Gasteiger partial charge in [0.1, 0.15) is 5.69 Å². The van der Waals surface area contributed by atoms with Gasteiger partial charge >= 0.3 is 6.18 Å². The fourth-order valence-corrected chi connectivity index (χ4v) is 2.88. The summed E-state index contributed by atoms with van der Waals surface area (Å²) >= 11 is 0. The third-order valence-corrected chi connectivity index (χ3v) is 4.07. The summed E-state index contributed by atoms with van der Waals surface area (Å²) in [7, 11) is 0. The van der Waals surface area contributed by atoms with Crippen LogP contribution in [0.5, 0.6) is 0 Å². The minimum Gasteiger partial charge on any atom is -0.371 e. The molecule has 24 heavy (non-hydrogen) atoms.